The van der Waals surface area contributed by atoms with Crippen LogP contribution in [0.1, 0.15) is 37.3 Å². The van der Waals surface area contributed by atoms with Gasteiger partial charge in [0.25, 0.3) is 0 Å². The van der Waals surface area contributed by atoms with Crippen LogP contribution in [-0.2, 0) is 12.8 Å². The van der Waals surface area contributed by atoms with Crippen LogP contribution in [0.4, 0.5) is 10.5 Å². The van der Waals surface area contributed by atoms with Crippen LogP contribution in [0, 0.1) is 0 Å². The second kappa shape index (κ2) is 7.78. The highest BCUT2D eigenvalue weighted by Crippen LogP contribution is 2.22. The number of anilines is 1. The fourth-order valence-electron chi connectivity index (χ4n) is 2.45. The molecule has 4 heteroatoms. The van der Waals surface area contributed by atoms with Gasteiger partial charge >= 0.3 is 6.03 Å². The van der Waals surface area contributed by atoms with E-state index in [1.807, 2.05) is 0 Å². The minimum atomic E-state index is -0.0573. The standard InChI is InChI=1S/C16H25N3O/c1-2-3-9-18-16(20)19-11-8-13-6-7-15-14(12-13)5-4-10-17-15/h6-7,12,17H,2-5,8-11H2,1H3,(H2,18,19,20). The van der Waals surface area contributed by atoms with Crippen molar-refractivity contribution in [3.63, 3.8) is 0 Å². The van der Waals surface area contributed by atoms with E-state index >= 15 is 0 Å². The molecule has 0 radical (unpaired) electrons. The van der Waals surface area contributed by atoms with Crippen LogP contribution in [0.15, 0.2) is 18.2 Å². The predicted octanol–water partition coefficient (Wildman–Crippen LogP) is 2.69. The van der Waals surface area contributed by atoms with Gasteiger partial charge in [-0.2, -0.15) is 0 Å². The van der Waals surface area contributed by atoms with E-state index in [4.69, 9.17) is 0 Å². The van der Waals surface area contributed by atoms with E-state index in [0.29, 0.717) is 6.54 Å². The number of carbonyl (C=O) groups is 1. The van der Waals surface area contributed by atoms with E-state index in [-0.39, 0.29) is 6.03 Å². The number of urea groups is 1. The monoisotopic (exact) mass is 275 g/mol. The number of aryl methyl sites for hydroxylation is 1. The molecule has 0 fully saturated rings. The minimum Gasteiger partial charge on any atom is -0.385 e. The van der Waals surface area contributed by atoms with E-state index in [9.17, 15) is 4.79 Å². The zero-order valence-corrected chi connectivity index (χ0v) is 12.3. The molecule has 3 N–H and O–H groups in total. The first-order chi connectivity index (χ1) is 9.79. The van der Waals surface area contributed by atoms with E-state index in [0.717, 1.165) is 38.8 Å². The molecule has 20 heavy (non-hydrogen) atoms. The molecule has 0 saturated carbocycles. The molecule has 1 aromatic carbocycles. The Morgan fingerprint density at radius 1 is 1.30 bits per heavy atom. The first-order valence-corrected chi connectivity index (χ1v) is 7.67. The van der Waals surface area contributed by atoms with Crippen molar-refractivity contribution in [2.75, 3.05) is 25.0 Å². The van der Waals surface area contributed by atoms with Crippen LogP contribution < -0.4 is 16.0 Å². The van der Waals surface area contributed by atoms with Gasteiger partial charge in [0.1, 0.15) is 0 Å². The normalized spacial score (nSPS) is 13.2. The van der Waals surface area contributed by atoms with Gasteiger partial charge in [-0.25, -0.2) is 4.79 Å². The number of nitrogens with one attached hydrogen (secondary N) is 3. The molecule has 0 bridgehead atoms. The molecular weight excluding hydrogens is 250 g/mol. The van der Waals surface area contributed by atoms with Gasteiger partial charge in [-0.1, -0.05) is 25.5 Å². The summed E-state index contributed by atoms with van der Waals surface area (Å²) in [5, 5.41) is 9.18. The Balaban J connectivity index is 1.72. The summed E-state index contributed by atoms with van der Waals surface area (Å²) in [7, 11) is 0. The Morgan fingerprint density at radius 2 is 2.15 bits per heavy atom. The summed E-state index contributed by atoms with van der Waals surface area (Å²) in [6.45, 7) is 4.63. The van der Waals surface area contributed by atoms with Crippen LogP contribution in [-0.4, -0.2) is 25.7 Å². The summed E-state index contributed by atoms with van der Waals surface area (Å²) in [5.41, 5.74) is 3.97. The Morgan fingerprint density at radius 3 is 3.00 bits per heavy atom. The third-order valence-electron chi connectivity index (χ3n) is 3.62. The van der Waals surface area contributed by atoms with Gasteiger partial charge in [0.2, 0.25) is 0 Å². The van der Waals surface area contributed by atoms with Gasteiger partial charge in [-0.3, -0.25) is 0 Å². The highest BCUT2D eigenvalue weighted by molar-refractivity contribution is 5.73. The fourth-order valence-corrected chi connectivity index (χ4v) is 2.45. The van der Waals surface area contributed by atoms with Crippen molar-refractivity contribution in [3.05, 3.63) is 29.3 Å². The summed E-state index contributed by atoms with van der Waals surface area (Å²) in [6.07, 6.45) is 5.37. The molecule has 0 spiro atoms. The largest absolute Gasteiger partial charge is 0.385 e. The second-order valence-electron chi connectivity index (χ2n) is 5.31. The van der Waals surface area contributed by atoms with Crippen molar-refractivity contribution in [1.29, 1.82) is 0 Å². The van der Waals surface area contributed by atoms with Crippen LogP contribution in [0.2, 0.25) is 0 Å². The Labute approximate surface area is 121 Å². The lowest BCUT2D eigenvalue weighted by Crippen LogP contribution is -2.37. The predicted molar refractivity (Wildman–Crippen MR) is 83.3 cm³/mol. The Kier molecular flexibility index (Phi) is 5.71. The summed E-state index contributed by atoms with van der Waals surface area (Å²) >= 11 is 0. The molecule has 0 saturated heterocycles. The van der Waals surface area contributed by atoms with E-state index in [2.05, 4.69) is 41.1 Å². The van der Waals surface area contributed by atoms with Crippen molar-refractivity contribution in [1.82, 2.24) is 10.6 Å². The number of fused-ring (bicyclic) bond motifs is 1. The molecule has 1 aliphatic rings. The van der Waals surface area contributed by atoms with Gasteiger partial charge in [-0.15, -0.1) is 0 Å². The molecule has 1 heterocycles. The number of unbranched alkanes of at least 4 members (excludes halogenated alkanes) is 1. The quantitative estimate of drug-likeness (QED) is 0.699. The van der Waals surface area contributed by atoms with Crippen molar-refractivity contribution in [2.45, 2.75) is 39.0 Å². The lowest BCUT2D eigenvalue weighted by atomic mass is 9.99. The SMILES string of the molecule is CCCCNC(=O)NCCc1ccc2c(c1)CCCN2. The topological polar surface area (TPSA) is 53.2 Å². The maximum absolute atomic E-state index is 11.5. The zero-order chi connectivity index (χ0) is 14.2. The molecule has 1 aromatic rings. The molecule has 110 valence electrons. The number of amides is 2. The van der Waals surface area contributed by atoms with Crippen LogP contribution >= 0.6 is 0 Å². The average molecular weight is 275 g/mol. The summed E-state index contributed by atoms with van der Waals surface area (Å²) in [4.78, 5) is 11.5. The van der Waals surface area contributed by atoms with Crippen molar-refractivity contribution < 1.29 is 4.79 Å². The molecule has 4 nitrogen and oxygen atoms in total. The average Bonchev–Trinajstić information content (AvgIpc) is 2.47. The molecule has 0 unspecified atom stereocenters. The van der Waals surface area contributed by atoms with Crippen LogP contribution in [0.5, 0.6) is 0 Å². The van der Waals surface area contributed by atoms with Gasteiger partial charge < -0.3 is 16.0 Å². The molecule has 1 aliphatic heterocycles. The van der Waals surface area contributed by atoms with Gasteiger partial charge in [0, 0.05) is 25.3 Å². The number of rotatable bonds is 6. The summed E-state index contributed by atoms with van der Waals surface area (Å²) in [5.74, 6) is 0. The second-order valence-corrected chi connectivity index (χ2v) is 5.31. The van der Waals surface area contributed by atoms with Crippen molar-refractivity contribution >= 4 is 11.7 Å². The smallest absolute Gasteiger partial charge is 0.314 e. The third-order valence-corrected chi connectivity index (χ3v) is 3.62. The Bertz CT molecular complexity index is 445. The number of hydrogen-bond donors (Lipinski definition) is 3. The molecule has 2 rings (SSSR count). The van der Waals surface area contributed by atoms with Gasteiger partial charge in [0.05, 0.1) is 0 Å². The number of benzene rings is 1. The maximum atomic E-state index is 11.5. The molecular formula is C16H25N3O. The van der Waals surface area contributed by atoms with E-state index < -0.39 is 0 Å². The fraction of sp³-hybridized carbons (Fsp3) is 0.562. The Hall–Kier alpha value is -1.71. The van der Waals surface area contributed by atoms with E-state index in [1.165, 1.54) is 23.2 Å². The lowest BCUT2D eigenvalue weighted by molar-refractivity contribution is 0.241. The zero-order valence-electron chi connectivity index (χ0n) is 12.3. The molecule has 0 aromatic heterocycles. The minimum absolute atomic E-state index is 0.0573. The first kappa shape index (κ1) is 14.7. The summed E-state index contributed by atoms with van der Waals surface area (Å²) < 4.78 is 0. The van der Waals surface area contributed by atoms with E-state index in [1.54, 1.807) is 0 Å². The van der Waals surface area contributed by atoms with Gasteiger partial charge in [-0.05, 0) is 42.9 Å². The van der Waals surface area contributed by atoms with Crippen molar-refractivity contribution in [3.8, 4) is 0 Å². The summed E-state index contributed by atoms with van der Waals surface area (Å²) in [6, 6.07) is 6.51. The number of carbonyl (C=O) groups excluding carboxylic acids is 1. The lowest BCUT2D eigenvalue weighted by Gasteiger charge is -2.18. The molecule has 0 aliphatic carbocycles. The van der Waals surface area contributed by atoms with Crippen LogP contribution in [0.3, 0.4) is 0 Å². The molecule has 2 amide bonds. The highest BCUT2D eigenvalue weighted by Gasteiger charge is 2.08. The highest BCUT2D eigenvalue weighted by atomic mass is 16.2. The van der Waals surface area contributed by atoms with Gasteiger partial charge in [0.15, 0.2) is 0 Å². The maximum Gasteiger partial charge on any atom is 0.314 e. The first-order valence-electron chi connectivity index (χ1n) is 7.67. The molecule has 0 atom stereocenters. The van der Waals surface area contributed by atoms with Crippen molar-refractivity contribution in [2.24, 2.45) is 0 Å². The third kappa shape index (κ3) is 4.44. The van der Waals surface area contributed by atoms with Crippen LogP contribution in [0.25, 0.3) is 0 Å². The number of hydrogen-bond acceptors (Lipinski definition) is 2.